The standard InChI is InChI=1S/C16H14Cl3NOS/c1-10-2-4-12(17)7-15(10)20-16(21)9-22-8-11-3-5-13(18)14(19)6-11/h2-7H,8-9H2,1H3,(H,20,21). The Morgan fingerprint density at radius 2 is 1.86 bits per heavy atom. The smallest absolute Gasteiger partial charge is 0.234 e. The van der Waals surface area contributed by atoms with Crippen LogP contribution in [0.2, 0.25) is 15.1 Å². The summed E-state index contributed by atoms with van der Waals surface area (Å²) in [6.07, 6.45) is 0. The summed E-state index contributed by atoms with van der Waals surface area (Å²) in [5, 5.41) is 4.53. The fraction of sp³-hybridized carbons (Fsp3) is 0.188. The van der Waals surface area contributed by atoms with E-state index in [4.69, 9.17) is 34.8 Å². The average molecular weight is 375 g/mol. The predicted octanol–water partition coefficient (Wildman–Crippen LogP) is 5.83. The Bertz CT molecular complexity index is 691. The number of carbonyl (C=O) groups is 1. The zero-order chi connectivity index (χ0) is 16.1. The number of thioether (sulfide) groups is 1. The monoisotopic (exact) mass is 373 g/mol. The van der Waals surface area contributed by atoms with E-state index in [1.807, 2.05) is 25.1 Å². The van der Waals surface area contributed by atoms with Gasteiger partial charge in [-0.2, -0.15) is 0 Å². The fourth-order valence-electron chi connectivity index (χ4n) is 1.81. The van der Waals surface area contributed by atoms with Gasteiger partial charge in [0.15, 0.2) is 0 Å². The molecule has 0 spiro atoms. The van der Waals surface area contributed by atoms with E-state index in [1.54, 1.807) is 18.2 Å². The molecular formula is C16H14Cl3NOS. The third-order valence-corrected chi connectivity index (χ3v) is 4.94. The van der Waals surface area contributed by atoms with Crippen LogP contribution < -0.4 is 5.32 Å². The lowest BCUT2D eigenvalue weighted by Crippen LogP contribution is -2.15. The van der Waals surface area contributed by atoms with Crippen LogP contribution in [0.4, 0.5) is 5.69 Å². The van der Waals surface area contributed by atoms with E-state index >= 15 is 0 Å². The Kier molecular flexibility index (Phi) is 6.45. The highest BCUT2D eigenvalue weighted by Crippen LogP contribution is 2.25. The minimum atomic E-state index is -0.0598. The molecule has 0 aliphatic heterocycles. The summed E-state index contributed by atoms with van der Waals surface area (Å²) in [5.41, 5.74) is 2.76. The molecule has 0 heterocycles. The van der Waals surface area contributed by atoms with Gasteiger partial charge in [0.05, 0.1) is 15.8 Å². The Balaban J connectivity index is 1.85. The van der Waals surface area contributed by atoms with Gasteiger partial charge in [0.2, 0.25) is 5.91 Å². The zero-order valence-corrected chi connectivity index (χ0v) is 14.9. The van der Waals surface area contributed by atoms with E-state index in [9.17, 15) is 4.79 Å². The molecule has 0 radical (unpaired) electrons. The largest absolute Gasteiger partial charge is 0.325 e. The molecule has 0 saturated carbocycles. The molecule has 0 unspecified atom stereocenters. The number of anilines is 1. The van der Waals surface area contributed by atoms with Crippen LogP contribution in [0.15, 0.2) is 36.4 Å². The first-order chi connectivity index (χ1) is 10.5. The van der Waals surface area contributed by atoms with Crippen molar-refractivity contribution in [3.63, 3.8) is 0 Å². The van der Waals surface area contributed by atoms with Crippen LogP contribution in [-0.4, -0.2) is 11.7 Å². The molecule has 2 aromatic rings. The van der Waals surface area contributed by atoms with Crippen molar-refractivity contribution in [1.82, 2.24) is 0 Å². The number of hydrogen-bond acceptors (Lipinski definition) is 2. The van der Waals surface area contributed by atoms with Gasteiger partial charge in [-0.05, 0) is 42.3 Å². The summed E-state index contributed by atoms with van der Waals surface area (Å²) in [6.45, 7) is 1.93. The van der Waals surface area contributed by atoms with E-state index in [0.29, 0.717) is 26.6 Å². The molecule has 0 saturated heterocycles. The van der Waals surface area contributed by atoms with Crippen LogP contribution in [0, 0.1) is 6.92 Å². The number of benzene rings is 2. The second-order valence-electron chi connectivity index (χ2n) is 4.75. The highest BCUT2D eigenvalue weighted by Gasteiger charge is 2.06. The summed E-state index contributed by atoms with van der Waals surface area (Å²) in [6, 6.07) is 10.9. The lowest BCUT2D eigenvalue weighted by atomic mass is 10.2. The van der Waals surface area contributed by atoms with Crippen molar-refractivity contribution < 1.29 is 4.79 Å². The van der Waals surface area contributed by atoms with Crippen LogP contribution in [0.25, 0.3) is 0 Å². The molecule has 0 aliphatic carbocycles. The Morgan fingerprint density at radius 3 is 2.59 bits per heavy atom. The van der Waals surface area contributed by atoms with Crippen molar-refractivity contribution in [2.45, 2.75) is 12.7 Å². The molecule has 2 nitrogen and oxygen atoms in total. The maximum atomic E-state index is 12.0. The second kappa shape index (κ2) is 8.11. The fourth-order valence-corrected chi connectivity index (χ4v) is 3.07. The van der Waals surface area contributed by atoms with Crippen molar-refractivity contribution >= 4 is 58.2 Å². The molecule has 1 N–H and O–H groups in total. The van der Waals surface area contributed by atoms with Crippen LogP contribution >= 0.6 is 46.6 Å². The highest BCUT2D eigenvalue weighted by atomic mass is 35.5. The number of nitrogens with one attached hydrogen (secondary N) is 1. The first-order valence-electron chi connectivity index (χ1n) is 6.53. The summed E-state index contributed by atoms with van der Waals surface area (Å²) in [7, 11) is 0. The van der Waals surface area contributed by atoms with Crippen LogP contribution in [-0.2, 0) is 10.5 Å². The molecule has 0 aromatic heterocycles. The van der Waals surface area contributed by atoms with Crippen molar-refractivity contribution in [2.24, 2.45) is 0 Å². The van der Waals surface area contributed by atoms with Gasteiger partial charge in [0.1, 0.15) is 0 Å². The van der Waals surface area contributed by atoms with Gasteiger partial charge >= 0.3 is 0 Å². The summed E-state index contributed by atoms with van der Waals surface area (Å²) in [5.74, 6) is 0.987. The summed E-state index contributed by atoms with van der Waals surface area (Å²) < 4.78 is 0. The summed E-state index contributed by atoms with van der Waals surface area (Å²) >= 11 is 19.3. The number of rotatable bonds is 5. The van der Waals surface area contributed by atoms with Crippen molar-refractivity contribution in [1.29, 1.82) is 0 Å². The predicted molar refractivity (Wildman–Crippen MR) is 97.4 cm³/mol. The quantitative estimate of drug-likeness (QED) is 0.713. The first-order valence-corrected chi connectivity index (χ1v) is 8.82. The van der Waals surface area contributed by atoms with Gasteiger partial charge in [-0.15, -0.1) is 11.8 Å². The van der Waals surface area contributed by atoms with E-state index < -0.39 is 0 Å². The molecule has 22 heavy (non-hydrogen) atoms. The van der Waals surface area contributed by atoms with Crippen LogP contribution in [0.1, 0.15) is 11.1 Å². The maximum absolute atomic E-state index is 12.0. The van der Waals surface area contributed by atoms with Gasteiger partial charge in [0, 0.05) is 16.5 Å². The van der Waals surface area contributed by atoms with Crippen LogP contribution in [0.5, 0.6) is 0 Å². The third-order valence-electron chi connectivity index (χ3n) is 2.96. The maximum Gasteiger partial charge on any atom is 0.234 e. The van der Waals surface area contributed by atoms with Gasteiger partial charge in [-0.25, -0.2) is 0 Å². The van der Waals surface area contributed by atoms with E-state index in [1.165, 1.54) is 11.8 Å². The van der Waals surface area contributed by atoms with Crippen molar-refractivity contribution in [3.8, 4) is 0 Å². The van der Waals surface area contributed by atoms with E-state index in [-0.39, 0.29) is 5.91 Å². The molecule has 0 fully saturated rings. The SMILES string of the molecule is Cc1ccc(Cl)cc1NC(=O)CSCc1ccc(Cl)c(Cl)c1. The Hall–Kier alpha value is -0.870. The molecule has 0 atom stereocenters. The Morgan fingerprint density at radius 1 is 1.09 bits per heavy atom. The topological polar surface area (TPSA) is 29.1 Å². The minimum Gasteiger partial charge on any atom is -0.325 e. The number of halogens is 3. The van der Waals surface area contributed by atoms with Gasteiger partial charge < -0.3 is 5.32 Å². The lowest BCUT2D eigenvalue weighted by Gasteiger charge is -2.09. The molecule has 0 aliphatic rings. The third kappa shape index (κ3) is 5.10. The molecule has 2 aromatic carbocycles. The second-order valence-corrected chi connectivity index (χ2v) is 6.99. The van der Waals surface area contributed by atoms with Gasteiger partial charge in [-0.3, -0.25) is 4.79 Å². The molecule has 1 amide bonds. The lowest BCUT2D eigenvalue weighted by molar-refractivity contribution is -0.113. The molecule has 6 heteroatoms. The number of amides is 1. The van der Waals surface area contributed by atoms with Gasteiger partial charge in [0.25, 0.3) is 0 Å². The molecule has 116 valence electrons. The molecule has 2 rings (SSSR count). The molecular weight excluding hydrogens is 361 g/mol. The van der Waals surface area contributed by atoms with Gasteiger partial charge in [-0.1, -0.05) is 46.9 Å². The normalized spacial score (nSPS) is 10.5. The van der Waals surface area contributed by atoms with Crippen molar-refractivity contribution in [3.05, 3.63) is 62.6 Å². The van der Waals surface area contributed by atoms with Crippen molar-refractivity contribution in [2.75, 3.05) is 11.1 Å². The minimum absolute atomic E-state index is 0.0598. The number of hydrogen-bond donors (Lipinski definition) is 1. The Labute approximate surface area is 149 Å². The first kappa shape index (κ1) is 17.5. The summed E-state index contributed by atoms with van der Waals surface area (Å²) in [4.78, 5) is 12.0. The number of aryl methyl sites for hydroxylation is 1. The molecule has 0 bridgehead atoms. The van der Waals surface area contributed by atoms with E-state index in [2.05, 4.69) is 5.32 Å². The van der Waals surface area contributed by atoms with Crippen LogP contribution in [0.3, 0.4) is 0 Å². The average Bonchev–Trinajstić information content (AvgIpc) is 2.47. The van der Waals surface area contributed by atoms with E-state index in [0.717, 1.165) is 16.8 Å². The number of carbonyl (C=O) groups excluding carboxylic acids is 1. The highest BCUT2D eigenvalue weighted by molar-refractivity contribution is 7.99. The zero-order valence-electron chi connectivity index (χ0n) is 11.8.